The van der Waals surface area contributed by atoms with E-state index < -0.39 is 42.5 Å². The van der Waals surface area contributed by atoms with Crippen LogP contribution in [-0.4, -0.2) is 54.3 Å². The molecule has 25 heavy (non-hydrogen) atoms. The van der Waals surface area contributed by atoms with E-state index in [-0.39, 0.29) is 30.1 Å². The third-order valence-electron chi connectivity index (χ3n) is 4.04. The van der Waals surface area contributed by atoms with Gasteiger partial charge in [-0.3, -0.25) is 14.3 Å². The van der Waals surface area contributed by atoms with E-state index in [9.17, 15) is 24.2 Å². The Hall–Kier alpha value is -2.68. The average molecular weight is 353 g/mol. The number of ether oxygens (including phenoxy) is 1. The Morgan fingerprint density at radius 3 is 2.92 bits per heavy atom. The van der Waals surface area contributed by atoms with E-state index in [1.54, 1.807) is 0 Å². The minimum absolute atomic E-state index is 0.0946. The van der Waals surface area contributed by atoms with Gasteiger partial charge in [-0.15, -0.1) is 6.42 Å². The molecule has 0 radical (unpaired) electrons. The lowest BCUT2D eigenvalue weighted by atomic mass is 10.1. The average Bonchev–Trinajstić information content (AvgIpc) is 3.05. The van der Waals surface area contributed by atoms with Gasteiger partial charge in [0.2, 0.25) is 5.95 Å². The highest BCUT2D eigenvalue weighted by Crippen LogP contribution is 2.31. The number of H-pyrrole nitrogens is 1. The number of nitrogens with two attached hydrogens (primary N) is 1. The quantitative estimate of drug-likeness (QED) is 0.468. The number of fused-ring (bicyclic) bond motifs is 1. The van der Waals surface area contributed by atoms with Crippen molar-refractivity contribution in [3.05, 3.63) is 20.8 Å². The molecule has 134 valence electrons. The first-order valence-electron chi connectivity index (χ1n) is 7.40. The maximum Gasteiger partial charge on any atom is 0.333 e. The topological polar surface area (TPSA) is 148 Å². The smallest absolute Gasteiger partial charge is 0.333 e. The second-order valence-corrected chi connectivity index (χ2v) is 5.66. The summed E-state index contributed by atoms with van der Waals surface area (Å²) in [6, 6.07) is 0. The van der Waals surface area contributed by atoms with Crippen molar-refractivity contribution in [2.75, 3.05) is 12.4 Å². The second kappa shape index (κ2) is 6.32. The summed E-state index contributed by atoms with van der Waals surface area (Å²) in [5, 5.41) is 19.8. The molecule has 1 unspecified atom stereocenters. The van der Waals surface area contributed by atoms with E-state index in [1.165, 1.54) is 0 Å². The molecule has 0 aromatic carbocycles. The van der Waals surface area contributed by atoms with Crippen LogP contribution in [0.4, 0.5) is 10.3 Å². The Kier molecular flexibility index (Phi) is 4.34. The fourth-order valence-electron chi connectivity index (χ4n) is 2.93. The molecule has 2 aromatic rings. The molecule has 1 saturated heterocycles. The number of aromatic amines is 1. The lowest BCUT2D eigenvalue weighted by Crippen LogP contribution is -2.32. The zero-order chi connectivity index (χ0) is 18.3. The van der Waals surface area contributed by atoms with Gasteiger partial charge < -0.3 is 20.7 Å². The summed E-state index contributed by atoms with van der Waals surface area (Å²) in [7, 11) is 0. The van der Waals surface area contributed by atoms with Gasteiger partial charge in [-0.25, -0.2) is 13.8 Å². The van der Waals surface area contributed by atoms with Gasteiger partial charge in [0.25, 0.3) is 5.56 Å². The number of nitrogen functional groups attached to an aromatic ring is 1. The Morgan fingerprint density at radius 1 is 1.56 bits per heavy atom. The number of halogens is 1. The fourth-order valence-corrected chi connectivity index (χ4v) is 2.93. The molecule has 10 nitrogen and oxygen atoms in total. The Labute approximate surface area is 139 Å². The number of aliphatic hydroxyl groups excluding tert-OH is 2. The lowest BCUT2D eigenvalue weighted by molar-refractivity contribution is -0.0797. The minimum atomic E-state index is -1.45. The van der Waals surface area contributed by atoms with Crippen LogP contribution in [0, 0.1) is 12.3 Å². The summed E-state index contributed by atoms with van der Waals surface area (Å²) < 4.78 is 20.0. The number of alkyl halides is 1. The van der Waals surface area contributed by atoms with Gasteiger partial charge in [0.05, 0.1) is 12.6 Å². The molecule has 3 rings (SSSR count). The second-order valence-electron chi connectivity index (χ2n) is 5.66. The minimum Gasteiger partial charge on any atom is -0.388 e. The molecule has 2 aromatic heterocycles. The Morgan fingerprint density at radius 2 is 2.28 bits per heavy atom. The number of hydrogen-bond donors (Lipinski definition) is 4. The van der Waals surface area contributed by atoms with Crippen molar-refractivity contribution in [1.82, 2.24) is 19.1 Å². The number of terminal acetylenes is 1. The fraction of sp³-hybridized carbons (Fsp3) is 0.500. The van der Waals surface area contributed by atoms with E-state index in [2.05, 4.69) is 15.9 Å². The van der Waals surface area contributed by atoms with Crippen LogP contribution < -0.4 is 17.0 Å². The van der Waals surface area contributed by atoms with E-state index in [0.29, 0.717) is 0 Å². The van der Waals surface area contributed by atoms with Crippen LogP contribution in [-0.2, 0) is 11.3 Å². The number of hydrogen-bond acceptors (Lipinski definition) is 7. The molecular weight excluding hydrogens is 337 g/mol. The number of aliphatic hydroxyl groups is 2. The first kappa shape index (κ1) is 17.2. The molecule has 1 aliphatic heterocycles. The van der Waals surface area contributed by atoms with Crippen molar-refractivity contribution in [3.63, 3.8) is 0 Å². The largest absolute Gasteiger partial charge is 0.388 e. The summed E-state index contributed by atoms with van der Waals surface area (Å²) in [4.78, 5) is 31.1. The molecule has 4 atom stereocenters. The highest BCUT2D eigenvalue weighted by Gasteiger charge is 2.41. The first-order chi connectivity index (χ1) is 11.9. The molecule has 0 aliphatic carbocycles. The summed E-state index contributed by atoms with van der Waals surface area (Å²) >= 11 is 0. The van der Waals surface area contributed by atoms with Gasteiger partial charge in [-0.1, -0.05) is 5.92 Å². The van der Waals surface area contributed by atoms with Gasteiger partial charge in [0, 0.05) is 6.42 Å². The van der Waals surface area contributed by atoms with Crippen LogP contribution in [0.5, 0.6) is 0 Å². The highest BCUT2D eigenvalue weighted by molar-refractivity contribution is 5.72. The lowest BCUT2D eigenvalue weighted by Gasteiger charge is -2.17. The van der Waals surface area contributed by atoms with Gasteiger partial charge in [0.15, 0.2) is 17.4 Å². The molecular formula is C14H16FN5O5. The first-order valence-corrected chi connectivity index (χ1v) is 7.40. The predicted molar refractivity (Wildman–Crippen MR) is 84.4 cm³/mol. The van der Waals surface area contributed by atoms with Crippen LogP contribution in [0.1, 0.15) is 12.6 Å². The molecule has 1 fully saturated rings. The molecule has 0 amide bonds. The van der Waals surface area contributed by atoms with Crippen LogP contribution in [0.3, 0.4) is 0 Å². The third kappa shape index (κ3) is 2.70. The van der Waals surface area contributed by atoms with Crippen LogP contribution in [0.25, 0.3) is 11.2 Å². The van der Waals surface area contributed by atoms with E-state index in [1.807, 2.05) is 0 Å². The SMILES string of the molecule is C#CCn1c(=O)n([C@@H]2O[C@H](C(O)CF)C[C@H]2O)c2nc(N)[nH]c(=O)c21. The van der Waals surface area contributed by atoms with Crippen molar-refractivity contribution in [3.8, 4) is 12.3 Å². The Bertz CT molecular complexity index is 957. The zero-order valence-corrected chi connectivity index (χ0v) is 12.9. The maximum atomic E-state index is 12.7. The standard InChI is InChI=1S/C14H16FN5O5/c1-2-3-19-9-10(17-13(16)18-11(9)23)20(14(19)24)12-6(21)4-8(25-12)7(22)5-15/h1,6-8,12,21-22H,3-5H2,(H3,16,17,18,23)/t6-,7?,8+,12-/m1/s1. The zero-order valence-electron chi connectivity index (χ0n) is 12.9. The van der Waals surface area contributed by atoms with Crippen molar-refractivity contribution < 1.29 is 19.3 Å². The van der Waals surface area contributed by atoms with E-state index >= 15 is 0 Å². The molecule has 0 saturated carbocycles. The van der Waals surface area contributed by atoms with Crippen molar-refractivity contribution in [1.29, 1.82) is 0 Å². The summed E-state index contributed by atoms with van der Waals surface area (Å²) in [5.41, 5.74) is 3.87. The van der Waals surface area contributed by atoms with Gasteiger partial charge in [-0.05, 0) is 0 Å². The molecule has 0 bridgehead atoms. The normalized spacial score (nSPS) is 24.5. The van der Waals surface area contributed by atoms with Crippen LogP contribution in [0.15, 0.2) is 9.59 Å². The molecule has 11 heteroatoms. The maximum absolute atomic E-state index is 12.7. The summed E-state index contributed by atoms with van der Waals surface area (Å²) in [6.45, 7) is -1.28. The molecule has 3 heterocycles. The van der Waals surface area contributed by atoms with Crippen LogP contribution in [0.2, 0.25) is 0 Å². The third-order valence-corrected chi connectivity index (χ3v) is 4.04. The summed E-state index contributed by atoms with van der Waals surface area (Å²) in [6.07, 6.45) is 0.189. The summed E-state index contributed by atoms with van der Waals surface area (Å²) in [5.74, 6) is 2.02. The number of aromatic nitrogens is 4. The van der Waals surface area contributed by atoms with Gasteiger partial charge in [0.1, 0.15) is 18.9 Å². The number of nitrogens with zero attached hydrogens (tertiary/aromatic N) is 3. The molecule has 1 aliphatic rings. The van der Waals surface area contributed by atoms with Crippen molar-refractivity contribution >= 4 is 17.1 Å². The van der Waals surface area contributed by atoms with Crippen LogP contribution >= 0.6 is 0 Å². The number of imidazole rings is 1. The van der Waals surface area contributed by atoms with E-state index in [0.717, 1.165) is 9.13 Å². The van der Waals surface area contributed by atoms with Crippen molar-refractivity contribution in [2.45, 2.75) is 37.5 Å². The monoisotopic (exact) mass is 353 g/mol. The number of anilines is 1. The number of nitrogens with one attached hydrogen (secondary N) is 1. The number of rotatable bonds is 4. The van der Waals surface area contributed by atoms with Crippen molar-refractivity contribution in [2.24, 2.45) is 0 Å². The predicted octanol–water partition coefficient (Wildman–Crippen LogP) is -1.92. The van der Waals surface area contributed by atoms with Gasteiger partial charge in [-0.2, -0.15) is 4.98 Å². The van der Waals surface area contributed by atoms with Gasteiger partial charge >= 0.3 is 5.69 Å². The van der Waals surface area contributed by atoms with E-state index in [4.69, 9.17) is 16.9 Å². The highest BCUT2D eigenvalue weighted by atomic mass is 19.1. The molecule has 0 spiro atoms. The Balaban J connectivity index is 2.20. The molecule has 5 N–H and O–H groups in total.